The molecular weight excluding hydrogens is 701 g/mol. The number of aromatic nitrogens is 4. The molecule has 0 saturated heterocycles. The lowest BCUT2D eigenvalue weighted by Gasteiger charge is -2.09. The van der Waals surface area contributed by atoms with Gasteiger partial charge in [-0.3, -0.25) is 0 Å². The minimum absolute atomic E-state index is 0.562. The fraction of sp³-hybridized carbons (Fsp3) is 0. The summed E-state index contributed by atoms with van der Waals surface area (Å²) in [6.07, 6.45) is 0. The molecule has 0 spiro atoms. The van der Waals surface area contributed by atoms with Crippen molar-refractivity contribution in [3.05, 3.63) is 182 Å². The van der Waals surface area contributed by atoms with E-state index in [9.17, 15) is 0 Å². The fourth-order valence-corrected chi connectivity index (χ4v) is 8.35. The summed E-state index contributed by atoms with van der Waals surface area (Å²) < 4.78 is 15.4. The molecule has 4 aromatic heterocycles. The number of nitrogens with zero attached hydrogens (tertiary/aromatic N) is 4. The molecule has 266 valence electrons. The van der Waals surface area contributed by atoms with Gasteiger partial charge < -0.3 is 13.4 Å². The molecular formula is C51H30N4O2. The molecule has 12 rings (SSSR count). The van der Waals surface area contributed by atoms with Crippen LogP contribution in [-0.2, 0) is 0 Å². The molecule has 0 saturated carbocycles. The van der Waals surface area contributed by atoms with Crippen molar-refractivity contribution in [2.24, 2.45) is 0 Å². The third kappa shape index (κ3) is 5.01. The monoisotopic (exact) mass is 730 g/mol. The van der Waals surface area contributed by atoms with Crippen LogP contribution in [0.1, 0.15) is 0 Å². The van der Waals surface area contributed by atoms with Crippen LogP contribution in [-0.4, -0.2) is 19.5 Å². The highest BCUT2D eigenvalue weighted by molar-refractivity contribution is 6.24. The molecule has 12 aromatic rings. The van der Waals surface area contributed by atoms with Crippen molar-refractivity contribution in [2.75, 3.05) is 0 Å². The van der Waals surface area contributed by atoms with Crippen molar-refractivity contribution in [2.45, 2.75) is 0 Å². The molecule has 0 aliphatic carbocycles. The van der Waals surface area contributed by atoms with Crippen LogP contribution in [0.25, 0.3) is 117 Å². The number of rotatable bonds is 5. The van der Waals surface area contributed by atoms with Gasteiger partial charge in [-0.2, -0.15) is 0 Å². The van der Waals surface area contributed by atoms with E-state index in [1.165, 1.54) is 11.1 Å². The number of fused-ring (bicyclic) bond motifs is 10. The average molecular weight is 731 g/mol. The molecule has 6 heteroatoms. The average Bonchev–Trinajstić information content (AvgIpc) is 3.96. The number of hydrogen-bond acceptors (Lipinski definition) is 5. The number of para-hydroxylation sites is 2. The second-order valence-electron chi connectivity index (χ2n) is 14.4. The zero-order chi connectivity index (χ0) is 37.5. The van der Waals surface area contributed by atoms with Gasteiger partial charge in [0.15, 0.2) is 17.5 Å². The van der Waals surface area contributed by atoms with E-state index >= 15 is 0 Å². The summed E-state index contributed by atoms with van der Waals surface area (Å²) in [4.78, 5) is 15.1. The number of hydrogen-bond donors (Lipinski definition) is 0. The van der Waals surface area contributed by atoms with E-state index in [-0.39, 0.29) is 0 Å². The molecule has 0 aliphatic heterocycles. The van der Waals surface area contributed by atoms with Crippen molar-refractivity contribution in [1.82, 2.24) is 19.5 Å². The highest BCUT2D eigenvalue weighted by atomic mass is 16.3. The van der Waals surface area contributed by atoms with Crippen molar-refractivity contribution >= 4 is 65.7 Å². The Bertz CT molecular complexity index is 3510. The molecule has 0 atom stereocenters. The van der Waals surface area contributed by atoms with Crippen LogP contribution in [0.2, 0.25) is 0 Å². The Morgan fingerprint density at radius 3 is 1.56 bits per heavy atom. The second kappa shape index (κ2) is 12.3. The highest BCUT2D eigenvalue weighted by Gasteiger charge is 2.20. The molecule has 0 N–H and O–H groups in total. The summed E-state index contributed by atoms with van der Waals surface area (Å²) in [7, 11) is 0. The third-order valence-corrected chi connectivity index (χ3v) is 11.1. The Kier molecular flexibility index (Phi) is 6.83. The van der Waals surface area contributed by atoms with Crippen LogP contribution in [0.5, 0.6) is 0 Å². The van der Waals surface area contributed by atoms with Crippen LogP contribution in [0.4, 0.5) is 0 Å². The van der Waals surface area contributed by atoms with Gasteiger partial charge in [0.2, 0.25) is 0 Å². The van der Waals surface area contributed by atoms with Crippen molar-refractivity contribution in [1.29, 1.82) is 0 Å². The van der Waals surface area contributed by atoms with E-state index in [1.54, 1.807) is 0 Å². The molecule has 0 radical (unpaired) electrons. The SMILES string of the molecule is c1ccc(-c2ccc(-n3c4ccccc4c4c5oc6cc(-c7nc(-c8ccccc8)nc(-c8ccc9c(c8)oc8ccccc89)n7)ccc6c5ccc43)cc2)cc1. The molecule has 0 unspecified atom stereocenters. The molecule has 57 heavy (non-hydrogen) atoms. The van der Waals surface area contributed by atoms with E-state index in [0.717, 1.165) is 88.1 Å². The summed E-state index contributed by atoms with van der Waals surface area (Å²) in [6, 6.07) is 62.8. The Labute approximate surface area is 325 Å². The van der Waals surface area contributed by atoms with Gasteiger partial charge in [0.25, 0.3) is 0 Å². The Hall–Kier alpha value is -7.83. The topological polar surface area (TPSA) is 69.9 Å². The first-order chi connectivity index (χ1) is 28.2. The van der Waals surface area contributed by atoms with Gasteiger partial charge in [0.05, 0.1) is 16.4 Å². The zero-order valence-electron chi connectivity index (χ0n) is 30.4. The lowest BCUT2D eigenvalue weighted by Crippen LogP contribution is -2.00. The Morgan fingerprint density at radius 2 is 0.842 bits per heavy atom. The Balaban J connectivity index is 1.01. The van der Waals surface area contributed by atoms with Crippen molar-refractivity contribution in [3.63, 3.8) is 0 Å². The van der Waals surface area contributed by atoms with Crippen molar-refractivity contribution < 1.29 is 8.83 Å². The van der Waals surface area contributed by atoms with Crippen LogP contribution in [0, 0.1) is 0 Å². The van der Waals surface area contributed by atoms with Gasteiger partial charge in [0.1, 0.15) is 22.3 Å². The molecule has 6 nitrogen and oxygen atoms in total. The maximum atomic E-state index is 6.87. The van der Waals surface area contributed by atoms with Gasteiger partial charge in [-0.15, -0.1) is 0 Å². The van der Waals surface area contributed by atoms with Crippen molar-refractivity contribution in [3.8, 4) is 51.0 Å². The first-order valence-electron chi connectivity index (χ1n) is 19.0. The van der Waals surface area contributed by atoms with Crippen LogP contribution >= 0.6 is 0 Å². The lowest BCUT2D eigenvalue weighted by atomic mass is 10.1. The summed E-state index contributed by atoms with van der Waals surface area (Å²) in [5, 5.41) is 6.46. The van der Waals surface area contributed by atoms with Gasteiger partial charge in [-0.05, 0) is 71.8 Å². The first-order valence-corrected chi connectivity index (χ1v) is 19.0. The van der Waals surface area contributed by atoms with E-state index in [4.69, 9.17) is 23.8 Å². The molecule has 0 bridgehead atoms. The van der Waals surface area contributed by atoms with Crippen LogP contribution in [0.15, 0.2) is 191 Å². The Morgan fingerprint density at radius 1 is 0.333 bits per heavy atom. The molecule has 0 fully saturated rings. The lowest BCUT2D eigenvalue weighted by molar-refractivity contribution is 0.669. The molecule has 0 aliphatic rings. The van der Waals surface area contributed by atoms with E-state index in [2.05, 4.69) is 126 Å². The summed E-state index contributed by atoms with van der Waals surface area (Å²) >= 11 is 0. The van der Waals surface area contributed by atoms with Gasteiger partial charge in [-0.1, -0.05) is 121 Å². The quantitative estimate of drug-likeness (QED) is 0.176. The van der Waals surface area contributed by atoms with E-state index in [1.807, 2.05) is 60.7 Å². The summed E-state index contributed by atoms with van der Waals surface area (Å²) in [5.74, 6) is 1.72. The van der Waals surface area contributed by atoms with E-state index < -0.39 is 0 Å². The maximum absolute atomic E-state index is 6.87. The number of benzene rings is 8. The first kappa shape index (κ1) is 31.5. The second-order valence-corrected chi connectivity index (χ2v) is 14.4. The minimum atomic E-state index is 0.562. The van der Waals surface area contributed by atoms with Gasteiger partial charge >= 0.3 is 0 Å². The predicted octanol–water partition coefficient (Wildman–Crippen LogP) is 13.4. The van der Waals surface area contributed by atoms with Gasteiger partial charge in [-0.25, -0.2) is 15.0 Å². The summed E-state index contributed by atoms with van der Waals surface area (Å²) in [6.45, 7) is 0. The third-order valence-electron chi connectivity index (χ3n) is 11.1. The van der Waals surface area contributed by atoms with Crippen LogP contribution in [0.3, 0.4) is 0 Å². The zero-order valence-corrected chi connectivity index (χ0v) is 30.4. The minimum Gasteiger partial charge on any atom is -0.456 e. The summed E-state index contributed by atoms with van der Waals surface area (Å²) in [5.41, 5.74) is 11.6. The molecule has 8 aromatic carbocycles. The van der Waals surface area contributed by atoms with Gasteiger partial charge in [0, 0.05) is 49.3 Å². The fourth-order valence-electron chi connectivity index (χ4n) is 8.35. The normalized spacial score (nSPS) is 11.9. The number of furan rings is 2. The molecule has 4 heterocycles. The van der Waals surface area contributed by atoms with Crippen LogP contribution < -0.4 is 0 Å². The smallest absolute Gasteiger partial charge is 0.164 e. The standard InChI is InChI=1S/C51H30N4O2/c1-3-11-31(12-4-1)32-19-23-36(24-20-32)55-42-17-9-7-16-41(42)47-43(55)28-27-40-39-26-22-35(30-46(39)57-48(40)47)51-53-49(33-13-5-2-6-14-33)52-50(54-51)34-21-25-38-37-15-8-10-18-44(37)56-45(38)29-34/h1-30H. The van der Waals surface area contributed by atoms with E-state index in [0.29, 0.717) is 17.5 Å². The largest absolute Gasteiger partial charge is 0.456 e. The maximum Gasteiger partial charge on any atom is 0.164 e. The highest BCUT2D eigenvalue weighted by Crippen LogP contribution is 2.42. The predicted molar refractivity (Wildman–Crippen MR) is 230 cm³/mol. The molecule has 0 amide bonds.